The SMILES string of the molecule is Nc1nc(/C(=N/O[C@@H](C[NH2+][O-])C(=O)[O-])C(=O)N[C@@H]2C(=O)N3C(C(=O)[O-])=C(C[N+]45CCC(CC4)N(C(=O)c4cc(=O)c(O)cn4O)CC5)CS[C@H]23)cs1.[Ca+2].[OH-]. The Bertz CT molecular complexity index is 1950. The summed E-state index contributed by atoms with van der Waals surface area (Å²) in [6, 6.07) is -0.557. The van der Waals surface area contributed by atoms with Crippen molar-refractivity contribution in [1.82, 2.24) is 24.8 Å². The number of nitrogen functional groups attached to an aromatic ring is 1. The Morgan fingerprint density at radius 2 is 1.91 bits per heavy atom. The van der Waals surface area contributed by atoms with Gasteiger partial charge in [-0.15, -0.1) is 23.1 Å². The van der Waals surface area contributed by atoms with Gasteiger partial charge in [-0.3, -0.25) is 24.1 Å². The normalized spacial score (nSPS) is 23.9. The summed E-state index contributed by atoms with van der Waals surface area (Å²) in [6.45, 7) is 1.42. The molecule has 0 saturated carbocycles. The predicted molar refractivity (Wildman–Crippen MR) is 181 cm³/mol. The number of rotatable bonds is 12. The fourth-order valence-electron chi connectivity index (χ4n) is 6.86. The zero-order valence-electron chi connectivity index (χ0n) is 28.2. The summed E-state index contributed by atoms with van der Waals surface area (Å²) in [7, 11) is 0. The molecule has 5 aliphatic rings. The van der Waals surface area contributed by atoms with Crippen molar-refractivity contribution in [2.75, 3.05) is 50.8 Å². The minimum atomic E-state index is -1.82. The van der Waals surface area contributed by atoms with E-state index in [1.807, 2.05) is 0 Å². The Kier molecular flexibility index (Phi) is 13.6. The van der Waals surface area contributed by atoms with Crippen LogP contribution in [-0.4, -0.2) is 181 Å². The molecule has 0 aliphatic carbocycles. The molecule has 2 aromatic heterocycles. The molecule has 7 rings (SSSR count). The van der Waals surface area contributed by atoms with E-state index in [1.165, 1.54) is 17.1 Å². The molecule has 4 saturated heterocycles. The second-order valence-corrected chi connectivity index (χ2v) is 14.6. The third-order valence-corrected chi connectivity index (χ3v) is 11.5. The van der Waals surface area contributed by atoms with E-state index in [0.29, 0.717) is 47.3 Å². The number of thioether (sulfide) groups is 1. The first-order valence-corrected chi connectivity index (χ1v) is 17.8. The largest absolute Gasteiger partial charge is 2.00 e. The number of quaternary nitrogens is 2. The monoisotopic (exact) mass is 819 g/mol. The maximum Gasteiger partial charge on any atom is 2.00 e. The summed E-state index contributed by atoms with van der Waals surface area (Å²) < 4.78 is 0.821. The predicted octanol–water partition coefficient (Wildman–Crippen LogP) is -6.29. The molecule has 0 aromatic carbocycles. The number of carbonyl (C=O) groups excluding carboxylic acids is 5. The van der Waals surface area contributed by atoms with Crippen LogP contribution in [0.3, 0.4) is 0 Å². The van der Waals surface area contributed by atoms with Gasteiger partial charge in [0.2, 0.25) is 11.5 Å². The quantitative estimate of drug-likeness (QED) is 0.0332. The van der Waals surface area contributed by atoms with Gasteiger partial charge in [0.1, 0.15) is 35.9 Å². The van der Waals surface area contributed by atoms with E-state index in [1.54, 1.807) is 4.90 Å². The maximum absolute atomic E-state index is 13.5. The number of thiazole rings is 1. The van der Waals surface area contributed by atoms with Gasteiger partial charge in [0.15, 0.2) is 16.6 Å². The average molecular weight is 820 g/mol. The molecule has 25 heteroatoms. The number of carboxylic acids is 2. The van der Waals surface area contributed by atoms with Gasteiger partial charge in [0.05, 0.1) is 50.0 Å². The minimum absolute atomic E-state index is 0. The van der Waals surface area contributed by atoms with Gasteiger partial charge in [-0.05, 0) is 0 Å². The molecule has 0 radical (unpaired) electrons. The van der Waals surface area contributed by atoms with E-state index in [4.69, 9.17) is 10.6 Å². The third-order valence-electron chi connectivity index (χ3n) is 9.50. The van der Waals surface area contributed by atoms with Gasteiger partial charge in [0.25, 0.3) is 17.7 Å². The van der Waals surface area contributed by atoms with Gasteiger partial charge in [-0.2, -0.15) is 4.73 Å². The summed E-state index contributed by atoms with van der Waals surface area (Å²) in [5, 5.41) is 61.1. The van der Waals surface area contributed by atoms with Crippen molar-refractivity contribution in [1.29, 1.82) is 0 Å². The first-order valence-electron chi connectivity index (χ1n) is 15.8. The van der Waals surface area contributed by atoms with E-state index in [9.17, 15) is 54.5 Å². The Morgan fingerprint density at radius 1 is 1.20 bits per heavy atom. The van der Waals surface area contributed by atoms with Gasteiger partial charge < -0.3 is 71.6 Å². The number of piperidine rings is 1. The van der Waals surface area contributed by atoms with Crippen molar-refractivity contribution >= 4 is 101 Å². The van der Waals surface area contributed by atoms with Gasteiger partial charge in [-0.1, -0.05) is 5.16 Å². The number of hydrogen-bond donors (Lipinski definition) is 5. The number of β-lactam (4-membered cyclic amide) rings is 1. The Hall–Kier alpha value is -4.01. The summed E-state index contributed by atoms with van der Waals surface area (Å²) in [4.78, 5) is 87.6. The number of aromatic hydroxyl groups is 1. The number of anilines is 1. The average Bonchev–Trinajstić information content (AvgIpc) is 3.35. The van der Waals surface area contributed by atoms with Crippen LogP contribution >= 0.6 is 23.1 Å². The van der Waals surface area contributed by atoms with Crippen LogP contribution in [0.25, 0.3) is 0 Å². The van der Waals surface area contributed by atoms with Crippen LogP contribution in [0.1, 0.15) is 29.0 Å². The molecular weight excluding hydrogens is 787 g/mol. The summed E-state index contributed by atoms with van der Waals surface area (Å²) >= 11 is 2.16. The van der Waals surface area contributed by atoms with Gasteiger partial charge in [-0.25, -0.2) is 4.98 Å². The standard InChI is InChI=1S/C29H33N9O12S2.Ca.H2O/c30-29-32-15(12-52-29)20(34-50-19(8-31-48)27(44)45)23(41)33-21-25(43)37-22(28(46)47)13(11-51-26(21)37)10-38-4-1-14(2-5-38)35(3-6-38)24(42)16-7-17(39)18(40)9-36(16)49;;/h7,9,12,14,19,21,26,49H,1-6,8,10-11,31H2,(H5-,30,32,33,40,41,44,45,46,47);;1H2/q;+2;/p-2/b34-20-;;/t14?,19-,21+,26+,38?;;/m0../s1. The zero-order valence-corrected chi connectivity index (χ0v) is 32.0. The number of pyridine rings is 1. The smallest absolute Gasteiger partial charge is 0.870 e. The fourth-order valence-corrected chi connectivity index (χ4v) is 8.74. The molecule has 286 valence electrons. The van der Waals surface area contributed by atoms with Crippen LogP contribution in [-0.2, 0) is 24.0 Å². The topological polar surface area (TPSA) is 343 Å². The minimum Gasteiger partial charge on any atom is -0.870 e. The summed E-state index contributed by atoms with van der Waals surface area (Å²) in [6.07, 6.45) is 0.0413. The third kappa shape index (κ3) is 8.30. The number of nitrogens with one attached hydrogen (secondary N) is 1. The first-order chi connectivity index (χ1) is 24.7. The van der Waals surface area contributed by atoms with Crippen molar-refractivity contribution < 1.29 is 64.8 Å². The molecule has 4 fully saturated rings. The number of oxime groups is 1. The van der Waals surface area contributed by atoms with Gasteiger partial charge in [0, 0.05) is 41.7 Å². The van der Waals surface area contributed by atoms with Crippen molar-refractivity contribution in [3.8, 4) is 5.75 Å². The molecule has 8 N–H and O–H groups in total. The fraction of sp³-hybridized carbons (Fsp3) is 0.448. The van der Waals surface area contributed by atoms with Crippen LogP contribution in [0.5, 0.6) is 5.75 Å². The van der Waals surface area contributed by atoms with Crippen molar-refractivity contribution in [3.05, 3.63) is 55.7 Å². The molecule has 2 aromatic rings. The van der Waals surface area contributed by atoms with Crippen LogP contribution in [0.2, 0.25) is 0 Å². The molecule has 5 aliphatic heterocycles. The van der Waals surface area contributed by atoms with E-state index in [0.717, 1.165) is 28.5 Å². The first kappa shape index (κ1) is 42.7. The molecule has 2 bridgehead atoms. The number of hydroxylamine groups is 1. The van der Waals surface area contributed by atoms with Crippen molar-refractivity contribution in [3.63, 3.8) is 0 Å². The molecule has 22 nitrogen and oxygen atoms in total. The number of aliphatic carboxylic acids is 2. The van der Waals surface area contributed by atoms with Crippen molar-refractivity contribution in [2.45, 2.75) is 36.4 Å². The molecular formula is C29H33CaN9O13S2. The molecule has 7 heterocycles. The number of hydrogen-bond acceptors (Lipinski definition) is 18. The van der Waals surface area contributed by atoms with E-state index in [2.05, 4.69) is 15.5 Å². The van der Waals surface area contributed by atoms with Crippen LogP contribution < -0.4 is 32.2 Å². The Morgan fingerprint density at radius 3 is 2.52 bits per heavy atom. The second-order valence-electron chi connectivity index (χ2n) is 12.6. The number of aromatic nitrogens is 2. The molecule has 54 heavy (non-hydrogen) atoms. The summed E-state index contributed by atoms with van der Waals surface area (Å²) in [5.41, 5.74) is 4.31. The number of amides is 3. The summed E-state index contributed by atoms with van der Waals surface area (Å²) in [5.74, 6) is -6.22. The molecule has 3 atom stereocenters. The molecule has 3 amide bonds. The number of carboxylic acid groups (broad SMARTS) is 2. The number of nitrogens with two attached hydrogens (primary N) is 2. The van der Waals surface area contributed by atoms with E-state index >= 15 is 0 Å². The molecule has 0 spiro atoms. The van der Waals surface area contributed by atoms with Crippen LogP contribution in [0, 0.1) is 5.21 Å². The Labute approximate surface area is 342 Å². The number of nitrogens with zero attached hydrogens (tertiary/aromatic N) is 6. The maximum atomic E-state index is 13.5. The van der Waals surface area contributed by atoms with E-state index in [-0.39, 0.29) is 95.8 Å². The zero-order chi connectivity index (χ0) is 37.5. The second kappa shape index (κ2) is 17.2. The number of fused-ring (bicyclic) bond motifs is 5. The molecule has 0 unspecified atom stereocenters. The van der Waals surface area contributed by atoms with Crippen LogP contribution in [0.15, 0.2) is 38.9 Å². The van der Waals surface area contributed by atoms with Gasteiger partial charge >= 0.3 is 37.7 Å². The number of carbonyl (C=O) groups is 5. The van der Waals surface area contributed by atoms with Crippen LogP contribution in [0.4, 0.5) is 5.13 Å². The van der Waals surface area contributed by atoms with Crippen molar-refractivity contribution in [2.24, 2.45) is 5.16 Å². The Balaban J connectivity index is 0.00000325. The van der Waals surface area contributed by atoms with E-state index < -0.39 is 70.6 Å².